The number of carboxylic acid groups (broad SMARTS) is 1. The first-order valence-electron chi connectivity index (χ1n) is 14.4. The Hall–Kier alpha value is -3.73. The van der Waals surface area contributed by atoms with Crippen molar-refractivity contribution in [2.24, 2.45) is 16.3 Å². The van der Waals surface area contributed by atoms with Crippen LogP contribution in [0.3, 0.4) is 0 Å². The van der Waals surface area contributed by atoms with Gasteiger partial charge in [0.05, 0.1) is 24.6 Å². The van der Waals surface area contributed by atoms with E-state index >= 15 is 0 Å². The van der Waals surface area contributed by atoms with Crippen molar-refractivity contribution < 1.29 is 37.4 Å². The molecule has 0 saturated heterocycles. The second kappa shape index (κ2) is 12.5. The average molecular weight is 602 g/mol. The first-order valence-corrected chi connectivity index (χ1v) is 14.4. The van der Waals surface area contributed by atoms with Gasteiger partial charge in [-0.2, -0.15) is 13.2 Å². The van der Waals surface area contributed by atoms with Gasteiger partial charge in [-0.05, 0) is 66.8 Å². The molecule has 2 aliphatic rings. The number of alkyl halides is 3. The van der Waals surface area contributed by atoms with E-state index in [9.17, 15) is 27.6 Å². The summed E-state index contributed by atoms with van der Waals surface area (Å²) >= 11 is 0. The fourth-order valence-electron chi connectivity index (χ4n) is 5.96. The van der Waals surface area contributed by atoms with E-state index in [4.69, 9.17) is 14.8 Å². The lowest BCUT2D eigenvalue weighted by molar-refractivity contribution is -0.138. The molecule has 2 N–H and O–H groups in total. The Morgan fingerprint density at radius 1 is 1.12 bits per heavy atom. The summed E-state index contributed by atoms with van der Waals surface area (Å²) < 4.78 is 46.3. The molecule has 1 spiro atoms. The fourth-order valence-corrected chi connectivity index (χ4v) is 5.96. The van der Waals surface area contributed by atoms with Crippen molar-refractivity contribution in [3.63, 3.8) is 0 Å². The zero-order chi connectivity index (χ0) is 31.6. The standard InChI is InChI=1S/C32H38F3N3O5/c1-30(2,3)23-12-15-31(16-13-23)37-27(22-6-5-7-24(18-22)32(33,34)35)29(42)38(31)19-25(43-4)20-8-10-21(11-9-20)28(41)36-17-14-26(39)40/h5-11,18,23,25H,12-17,19H2,1-4H3,(H,36,41)(H,39,40). The predicted molar refractivity (Wildman–Crippen MR) is 155 cm³/mol. The molecule has 43 heavy (non-hydrogen) atoms. The average Bonchev–Trinajstić information content (AvgIpc) is 3.21. The molecule has 1 unspecified atom stereocenters. The van der Waals surface area contributed by atoms with Gasteiger partial charge in [0.1, 0.15) is 11.4 Å². The zero-order valence-corrected chi connectivity index (χ0v) is 24.8. The number of benzene rings is 2. The number of carbonyl (C=O) groups is 3. The van der Waals surface area contributed by atoms with Crippen molar-refractivity contribution in [3.05, 3.63) is 70.8 Å². The highest BCUT2D eigenvalue weighted by Gasteiger charge is 2.51. The number of amides is 2. The fraction of sp³-hybridized carbons (Fsp3) is 0.500. The van der Waals surface area contributed by atoms with Gasteiger partial charge in [-0.15, -0.1) is 0 Å². The lowest BCUT2D eigenvalue weighted by Gasteiger charge is -2.45. The monoisotopic (exact) mass is 601 g/mol. The van der Waals surface area contributed by atoms with Gasteiger partial charge in [0.25, 0.3) is 11.8 Å². The molecular formula is C32H38F3N3O5. The van der Waals surface area contributed by atoms with Crippen LogP contribution in [0.15, 0.2) is 53.5 Å². The molecule has 4 rings (SSSR count). The second-order valence-electron chi connectivity index (χ2n) is 12.3. The third kappa shape index (κ3) is 7.26. The molecule has 0 radical (unpaired) electrons. The van der Waals surface area contributed by atoms with Crippen LogP contribution >= 0.6 is 0 Å². The van der Waals surface area contributed by atoms with Crippen LogP contribution in [-0.2, 0) is 20.5 Å². The SMILES string of the molecule is COC(CN1C(=O)C(c2cccc(C(F)(F)F)c2)=NC12CCC(C(C)(C)C)CC2)c1ccc(C(=O)NCCC(=O)O)cc1. The molecule has 232 valence electrons. The maximum Gasteiger partial charge on any atom is 0.416 e. The van der Waals surface area contributed by atoms with Gasteiger partial charge in [-0.3, -0.25) is 19.4 Å². The van der Waals surface area contributed by atoms with E-state index in [1.54, 1.807) is 29.2 Å². The molecule has 1 heterocycles. The minimum Gasteiger partial charge on any atom is -0.481 e. The maximum absolute atomic E-state index is 14.0. The third-order valence-corrected chi connectivity index (χ3v) is 8.55. The number of aliphatic imine (C=N–C) groups is 1. The van der Waals surface area contributed by atoms with Gasteiger partial charge in [0.15, 0.2) is 0 Å². The number of nitrogens with one attached hydrogen (secondary N) is 1. The van der Waals surface area contributed by atoms with Crippen molar-refractivity contribution in [1.29, 1.82) is 0 Å². The number of aliphatic carboxylic acids is 1. The first-order chi connectivity index (χ1) is 20.1. The highest BCUT2D eigenvalue weighted by atomic mass is 19.4. The lowest BCUT2D eigenvalue weighted by Crippen LogP contribution is -2.51. The Morgan fingerprint density at radius 3 is 2.33 bits per heavy atom. The quantitative estimate of drug-likeness (QED) is 0.374. The molecular weight excluding hydrogens is 563 g/mol. The smallest absolute Gasteiger partial charge is 0.416 e. The molecule has 2 aromatic rings. The summed E-state index contributed by atoms with van der Waals surface area (Å²) in [5.41, 5.74) is -0.485. The molecule has 0 aromatic heterocycles. The molecule has 1 atom stereocenters. The number of methoxy groups -OCH3 is 1. The summed E-state index contributed by atoms with van der Waals surface area (Å²) in [5, 5.41) is 11.3. The summed E-state index contributed by atoms with van der Waals surface area (Å²) in [4.78, 5) is 43.6. The molecule has 11 heteroatoms. The second-order valence-corrected chi connectivity index (χ2v) is 12.3. The summed E-state index contributed by atoms with van der Waals surface area (Å²) in [6.07, 6.45) is -2.56. The van der Waals surface area contributed by atoms with Gasteiger partial charge in [0.2, 0.25) is 0 Å². The highest BCUT2D eigenvalue weighted by Crippen LogP contribution is 2.47. The van der Waals surface area contributed by atoms with Gasteiger partial charge in [-0.25, -0.2) is 0 Å². The molecule has 2 aromatic carbocycles. The van der Waals surface area contributed by atoms with Crippen molar-refractivity contribution in [3.8, 4) is 0 Å². The van der Waals surface area contributed by atoms with E-state index < -0.39 is 41.3 Å². The number of rotatable bonds is 9. The molecule has 1 aliphatic carbocycles. The van der Waals surface area contributed by atoms with Gasteiger partial charge in [0, 0.05) is 24.8 Å². The van der Waals surface area contributed by atoms with Crippen molar-refractivity contribution in [1.82, 2.24) is 10.2 Å². The van der Waals surface area contributed by atoms with Gasteiger partial charge < -0.3 is 20.1 Å². The van der Waals surface area contributed by atoms with Gasteiger partial charge in [-0.1, -0.05) is 45.0 Å². The first kappa shape index (κ1) is 32.2. The van der Waals surface area contributed by atoms with Crippen molar-refractivity contribution in [2.45, 2.75) is 70.8 Å². The van der Waals surface area contributed by atoms with E-state index in [1.807, 2.05) is 0 Å². The molecule has 8 nitrogen and oxygen atoms in total. The molecule has 1 saturated carbocycles. The minimum absolute atomic E-state index is 0.0000504. The van der Waals surface area contributed by atoms with Crippen LogP contribution < -0.4 is 5.32 Å². The lowest BCUT2D eigenvalue weighted by atomic mass is 9.69. The Labute approximate surface area is 249 Å². The van der Waals surface area contributed by atoms with Crippen LogP contribution in [0.5, 0.6) is 0 Å². The van der Waals surface area contributed by atoms with Crippen LogP contribution in [-0.4, -0.2) is 59.4 Å². The van der Waals surface area contributed by atoms with Crippen LogP contribution in [0.4, 0.5) is 13.2 Å². The van der Waals surface area contributed by atoms with E-state index in [1.165, 1.54) is 19.2 Å². The number of nitrogens with zero attached hydrogens (tertiary/aromatic N) is 2. The summed E-state index contributed by atoms with van der Waals surface area (Å²) in [6.45, 7) is 6.66. The van der Waals surface area contributed by atoms with Crippen LogP contribution in [0.2, 0.25) is 0 Å². The third-order valence-electron chi connectivity index (χ3n) is 8.55. The van der Waals surface area contributed by atoms with E-state index in [0.717, 1.165) is 25.0 Å². The molecule has 2 amide bonds. The maximum atomic E-state index is 14.0. The Kier molecular flexibility index (Phi) is 9.34. The van der Waals surface area contributed by atoms with Crippen LogP contribution in [0.25, 0.3) is 0 Å². The number of halogens is 3. The van der Waals surface area contributed by atoms with E-state index in [2.05, 4.69) is 26.1 Å². The van der Waals surface area contributed by atoms with Crippen LogP contribution in [0.1, 0.15) is 86.0 Å². The van der Waals surface area contributed by atoms with Gasteiger partial charge >= 0.3 is 12.1 Å². The number of hydrogen-bond acceptors (Lipinski definition) is 5. The molecule has 1 fully saturated rings. The number of carboxylic acids is 1. The number of hydrogen-bond donors (Lipinski definition) is 2. The Bertz CT molecular complexity index is 1370. The van der Waals surface area contributed by atoms with E-state index in [0.29, 0.717) is 29.9 Å². The molecule has 1 aliphatic heterocycles. The summed E-state index contributed by atoms with van der Waals surface area (Å²) in [7, 11) is 1.51. The van der Waals surface area contributed by atoms with Crippen molar-refractivity contribution in [2.75, 3.05) is 20.2 Å². The van der Waals surface area contributed by atoms with E-state index in [-0.39, 0.29) is 36.2 Å². The predicted octanol–water partition coefficient (Wildman–Crippen LogP) is 5.86. The van der Waals surface area contributed by atoms with Crippen molar-refractivity contribution >= 4 is 23.5 Å². The Balaban J connectivity index is 1.61. The minimum atomic E-state index is -4.55. The number of ether oxygens (including phenoxy) is 1. The molecule has 0 bridgehead atoms. The highest BCUT2D eigenvalue weighted by molar-refractivity contribution is 6.46. The largest absolute Gasteiger partial charge is 0.481 e. The normalized spacial score (nSPS) is 21.6. The Morgan fingerprint density at radius 2 is 1.77 bits per heavy atom. The topological polar surface area (TPSA) is 108 Å². The van der Waals surface area contributed by atoms with Crippen LogP contribution in [0, 0.1) is 11.3 Å². The summed E-state index contributed by atoms with van der Waals surface area (Å²) in [6, 6.07) is 11.3. The summed E-state index contributed by atoms with van der Waals surface area (Å²) in [5.74, 6) is -1.45. The number of carbonyl (C=O) groups excluding carboxylic acids is 2. The zero-order valence-electron chi connectivity index (χ0n) is 24.8.